The zero-order valence-corrected chi connectivity index (χ0v) is 16.0. The molecule has 0 bridgehead atoms. The highest BCUT2D eigenvalue weighted by molar-refractivity contribution is 5.90. The summed E-state index contributed by atoms with van der Waals surface area (Å²) in [7, 11) is 0. The van der Waals surface area contributed by atoms with E-state index in [4.69, 9.17) is 0 Å². The van der Waals surface area contributed by atoms with Crippen LogP contribution >= 0.6 is 0 Å². The SMILES string of the molecule is CCC[C@@]1(C(=O)O)CN(C(=O)Nc2ccc(-c3ccccc3)cc2)CC[C@H]1O. The quantitative estimate of drug-likeness (QED) is 0.733. The molecule has 3 N–H and O–H groups in total. The summed E-state index contributed by atoms with van der Waals surface area (Å²) in [6, 6.07) is 17.1. The fourth-order valence-corrected chi connectivity index (χ4v) is 3.84. The number of nitrogens with one attached hydrogen (secondary N) is 1. The Kier molecular flexibility index (Phi) is 5.99. The number of carbonyl (C=O) groups excluding carboxylic acids is 1. The maximum Gasteiger partial charge on any atom is 0.321 e. The molecule has 2 aromatic carbocycles. The van der Waals surface area contributed by atoms with Crippen LogP contribution in [0.25, 0.3) is 11.1 Å². The maximum absolute atomic E-state index is 12.7. The Labute approximate surface area is 164 Å². The van der Waals surface area contributed by atoms with E-state index in [-0.39, 0.29) is 19.0 Å². The summed E-state index contributed by atoms with van der Waals surface area (Å²) in [6.07, 6.45) is 0.269. The van der Waals surface area contributed by atoms with Crippen LogP contribution in [0.3, 0.4) is 0 Å². The molecular weight excluding hydrogens is 356 g/mol. The van der Waals surface area contributed by atoms with Gasteiger partial charge in [0.2, 0.25) is 0 Å². The Morgan fingerprint density at radius 2 is 1.75 bits per heavy atom. The van der Waals surface area contributed by atoms with Gasteiger partial charge in [-0.05, 0) is 36.1 Å². The van der Waals surface area contributed by atoms with E-state index in [1.165, 1.54) is 4.90 Å². The third-order valence-electron chi connectivity index (χ3n) is 5.44. The summed E-state index contributed by atoms with van der Waals surface area (Å²) in [5.74, 6) is -1.05. The predicted molar refractivity (Wildman–Crippen MR) is 108 cm³/mol. The van der Waals surface area contributed by atoms with Crippen molar-refractivity contribution >= 4 is 17.7 Å². The fourth-order valence-electron chi connectivity index (χ4n) is 3.84. The highest BCUT2D eigenvalue weighted by Crippen LogP contribution is 2.35. The maximum atomic E-state index is 12.7. The summed E-state index contributed by atoms with van der Waals surface area (Å²) in [4.78, 5) is 26.0. The molecule has 6 heteroatoms. The van der Waals surface area contributed by atoms with Crippen LogP contribution in [0.5, 0.6) is 0 Å². The second kappa shape index (κ2) is 8.44. The number of aliphatic hydroxyl groups is 1. The van der Waals surface area contributed by atoms with Crippen molar-refractivity contribution in [2.24, 2.45) is 5.41 Å². The number of urea groups is 1. The molecule has 2 aromatic rings. The summed E-state index contributed by atoms with van der Waals surface area (Å²) in [5, 5.41) is 22.8. The number of anilines is 1. The van der Waals surface area contributed by atoms with Gasteiger partial charge in [0.05, 0.1) is 6.10 Å². The van der Waals surface area contributed by atoms with E-state index < -0.39 is 17.5 Å². The third-order valence-corrected chi connectivity index (χ3v) is 5.44. The molecule has 0 spiro atoms. The number of benzene rings is 2. The Morgan fingerprint density at radius 1 is 1.11 bits per heavy atom. The van der Waals surface area contributed by atoms with Crippen LogP contribution in [0.2, 0.25) is 0 Å². The summed E-state index contributed by atoms with van der Waals surface area (Å²) in [6.45, 7) is 2.21. The average molecular weight is 382 g/mol. The molecule has 28 heavy (non-hydrogen) atoms. The Balaban J connectivity index is 1.70. The highest BCUT2D eigenvalue weighted by atomic mass is 16.4. The molecule has 1 fully saturated rings. The van der Waals surface area contributed by atoms with Gasteiger partial charge in [-0.15, -0.1) is 0 Å². The Hall–Kier alpha value is -2.86. The van der Waals surface area contributed by atoms with Crippen molar-refractivity contribution in [3.05, 3.63) is 54.6 Å². The molecule has 6 nitrogen and oxygen atoms in total. The minimum atomic E-state index is -1.30. The number of nitrogens with zero attached hydrogens (tertiary/aromatic N) is 1. The second-order valence-corrected chi connectivity index (χ2v) is 7.31. The molecule has 0 unspecified atom stereocenters. The first kappa shape index (κ1) is 19.9. The lowest BCUT2D eigenvalue weighted by atomic mass is 9.74. The van der Waals surface area contributed by atoms with Crippen molar-refractivity contribution in [3.63, 3.8) is 0 Å². The lowest BCUT2D eigenvalue weighted by Crippen LogP contribution is -2.57. The smallest absolute Gasteiger partial charge is 0.321 e. The van der Waals surface area contributed by atoms with Crippen LogP contribution in [-0.2, 0) is 4.79 Å². The number of hydrogen-bond donors (Lipinski definition) is 3. The fraction of sp³-hybridized carbons (Fsp3) is 0.364. The minimum absolute atomic E-state index is 0.00523. The van der Waals surface area contributed by atoms with Gasteiger partial charge in [0.25, 0.3) is 0 Å². The zero-order chi connectivity index (χ0) is 20.1. The van der Waals surface area contributed by atoms with E-state index in [0.717, 1.165) is 11.1 Å². The van der Waals surface area contributed by atoms with E-state index >= 15 is 0 Å². The lowest BCUT2D eigenvalue weighted by molar-refractivity contribution is -0.162. The number of aliphatic hydroxyl groups excluding tert-OH is 1. The van der Waals surface area contributed by atoms with Crippen LogP contribution in [0.15, 0.2) is 54.6 Å². The van der Waals surface area contributed by atoms with E-state index in [1.54, 1.807) is 0 Å². The van der Waals surface area contributed by atoms with E-state index in [9.17, 15) is 19.8 Å². The summed E-state index contributed by atoms with van der Waals surface area (Å²) in [5.41, 5.74) is 1.48. The first-order valence-electron chi connectivity index (χ1n) is 9.59. The highest BCUT2D eigenvalue weighted by Gasteiger charge is 2.49. The average Bonchev–Trinajstić information content (AvgIpc) is 2.71. The van der Waals surface area contributed by atoms with Gasteiger partial charge in [0.1, 0.15) is 5.41 Å². The van der Waals surface area contributed by atoms with Gasteiger partial charge in [-0.25, -0.2) is 4.79 Å². The number of hydrogen-bond acceptors (Lipinski definition) is 3. The van der Waals surface area contributed by atoms with Gasteiger partial charge in [-0.3, -0.25) is 4.79 Å². The third kappa shape index (κ3) is 4.02. The zero-order valence-electron chi connectivity index (χ0n) is 16.0. The predicted octanol–water partition coefficient (Wildman–Crippen LogP) is 3.82. The van der Waals surface area contributed by atoms with Crippen molar-refractivity contribution < 1.29 is 19.8 Å². The number of carboxylic acid groups (broad SMARTS) is 1. The van der Waals surface area contributed by atoms with E-state index in [2.05, 4.69) is 5.32 Å². The topological polar surface area (TPSA) is 89.9 Å². The van der Waals surface area contributed by atoms with Crippen molar-refractivity contribution in [1.82, 2.24) is 4.90 Å². The summed E-state index contributed by atoms with van der Waals surface area (Å²) >= 11 is 0. The molecule has 0 aliphatic carbocycles. The number of likely N-dealkylation sites (tertiary alicyclic amines) is 1. The Bertz CT molecular complexity index is 822. The molecule has 148 valence electrons. The van der Waals surface area contributed by atoms with Gasteiger partial charge in [-0.2, -0.15) is 0 Å². The van der Waals surface area contributed by atoms with Crippen LogP contribution < -0.4 is 5.32 Å². The molecule has 2 atom stereocenters. The number of amides is 2. The molecule has 0 radical (unpaired) electrons. The molecular formula is C22H26N2O4. The van der Waals surface area contributed by atoms with Gasteiger partial charge >= 0.3 is 12.0 Å². The molecule has 0 aromatic heterocycles. The van der Waals surface area contributed by atoms with Crippen molar-refractivity contribution in [2.45, 2.75) is 32.3 Å². The summed E-state index contributed by atoms with van der Waals surface area (Å²) < 4.78 is 0. The molecule has 3 rings (SSSR count). The van der Waals surface area contributed by atoms with Gasteiger partial charge < -0.3 is 20.4 Å². The van der Waals surface area contributed by atoms with E-state index in [1.807, 2.05) is 61.5 Å². The monoisotopic (exact) mass is 382 g/mol. The van der Waals surface area contributed by atoms with Crippen LogP contribution in [0.4, 0.5) is 10.5 Å². The van der Waals surface area contributed by atoms with Gasteiger partial charge in [0, 0.05) is 18.8 Å². The number of carbonyl (C=O) groups is 2. The number of aliphatic carboxylic acids is 1. The normalized spacial score (nSPS) is 21.9. The largest absolute Gasteiger partial charge is 0.481 e. The molecule has 1 aliphatic rings. The van der Waals surface area contributed by atoms with Gasteiger partial charge in [-0.1, -0.05) is 55.8 Å². The first-order chi connectivity index (χ1) is 13.5. The first-order valence-corrected chi connectivity index (χ1v) is 9.59. The second-order valence-electron chi connectivity index (χ2n) is 7.31. The molecule has 1 aliphatic heterocycles. The van der Waals surface area contributed by atoms with E-state index in [0.29, 0.717) is 25.1 Å². The standard InChI is InChI=1S/C22H26N2O4/c1-2-13-22(20(26)27)15-24(14-12-19(22)25)21(28)23-18-10-8-17(9-11-18)16-6-4-3-5-7-16/h3-11,19,25H,2,12-15H2,1H3,(H,23,28)(H,26,27)/t19-,22-/m1/s1. The van der Waals surface area contributed by atoms with Crippen LogP contribution in [0, 0.1) is 5.41 Å². The lowest BCUT2D eigenvalue weighted by Gasteiger charge is -2.43. The molecule has 1 saturated heterocycles. The number of carboxylic acids is 1. The van der Waals surface area contributed by atoms with Crippen molar-refractivity contribution in [1.29, 1.82) is 0 Å². The Morgan fingerprint density at radius 3 is 2.36 bits per heavy atom. The van der Waals surface area contributed by atoms with Gasteiger partial charge in [0.15, 0.2) is 0 Å². The molecule has 0 saturated carbocycles. The number of piperidine rings is 1. The van der Waals surface area contributed by atoms with Crippen molar-refractivity contribution in [2.75, 3.05) is 18.4 Å². The molecule has 2 amide bonds. The van der Waals surface area contributed by atoms with Crippen LogP contribution in [0.1, 0.15) is 26.2 Å². The number of rotatable bonds is 5. The minimum Gasteiger partial charge on any atom is -0.481 e. The van der Waals surface area contributed by atoms with Crippen LogP contribution in [-0.4, -0.2) is 46.3 Å². The molecule has 1 heterocycles. The van der Waals surface area contributed by atoms with Crippen molar-refractivity contribution in [3.8, 4) is 11.1 Å².